The third-order valence-corrected chi connectivity index (χ3v) is 3.62. The van der Waals surface area contributed by atoms with Crippen molar-refractivity contribution in [2.24, 2.45) is 0 Å². The van der Waals surface area contributed by atoms with E-state index in [0.717, 1.165) is 49.5 Å². The number of hydrogen-bond acceptors (Lipinski definition) is 4. The number of ketones is 1. The van der Waals surface area contributed by atoms with Gasteiger partial charge in [-0.2, -0.15) is 0 Å². The van der Waals surface area contributed by atoms with Crippen LogP contribution in [0.2, 0.25) is 0 Å². The van der Waals surface area contributed by atoms with Crippen LogP contribution in [-0.4, -0.2) is 43.5 Å². The Morgan fingerprint density at radius 3 is 3.00 bits per heavy atom. The van der Waals surface area contributed by atoms with E-state index in [1.165, 1.54) is 0 Å². The second-order valence-corrected chi connectivity index (χ2v) is 5.13. The Bertz CT molecular complexity index is 460. The minimum atomic E-state index is 0.179. The topological polar surface area (TPSA) is 41.6 Å². The second-order valence-electron chi connectivity index (χ2n) is 5.13. The lowest BCUT2D eigenvalue weighted by Crippen LogP contribution is -2.30. The number of carbonyl (C=O) groups excluding carboxylic acids is 1. The van der Waals surface area contributed by atoms with Gasteiger partial charge in [-0.15, -0.1) is 0 Å². The fraction of sp³-hybridized carbons (Fsp3) is 0.562. The van der Waals surface area contributed by atoms with Crippen molar-refractivity contribution in [1.82, 2.24) is 4.90 Å². The molecule has 0 amide bonds. The second kappa shape index (κ2) is 7.29. The van der Waals surface area contributed by atoms with Gasteiger partial charge >= 0.3 is 0 Å². The van der Waals surface area contributed by atoms with Crippen molar-refractivity contribution in [3.05, 3.63) is 23.8 Å². The van der Waals surface area contributed by atoms with Crippen LogP contribution >= 0.6 is 0 Å². The van der Waals surface area contributed by atoms with Gasteiger partial charge in [0.1, 0.15) is 12.4 Å². The standard InChI is InChI=1S/C16H24N2O2/c1-3-5-9-18(4-2)12-15(19)13-6-7-16-14(11-13)17-8-10-20-16/h6-7,11,17H,3-5,8-10,12H2,1-2H3. The lowest BCUT2D eigenvalue weighted by atomic mass is 10.1. The van der Waals surface area contributed by atoms with Gasteiger partial charge in [0.15, 0.2) is 5.78 Å². The first-order chi connectivity index (χ1) is 9.74. The predicted octanol–water partition coefficient (Wildman–Crippen LogP) is 2.80. The smallest absolute Gasteiger partial charge is 0.176 e. The summed E-state index contributed by atoms with van der Waals surface area (Å²) in [5.74, 6) is 1.02. The van der Waals surface area contributed by atoms with E-state index in [9.17, 15) is 4.79 Å². The zero-order valence-corrected chi connectivity index (χ0v) is 12.4. The van der Waals surface area contributed by atoms with Crippen LogP contribution in [0.25, 0.3) is 0 Å². The molecule has 0 bridgehead atoms. The van der Waals surface area contributed by atoms with E-state index in [-0.39, 0.29) is 5.78 Å². The first kappa shape index (κ1) is 14.9. The Labute approximate surface area is 121 Å². The van der Waals surface area contributed by atoms with E-state index < -0.39 is 0 Å². The largest absolute Gasteiger partial charge is 0.490 e. The summed E-state index contributed by atoms with van der Waals surface area (Å²) in [4.78, 5) is 14.6. The van der Waals surface area contributed by atoms with Gasteiger partial charge in [-0.3, -0.25) is 9.69 Å². The maximum Gasteiger partial charge on any atom is 0.176 e. The third kappa shape index (κ3) is 3.73. The van der Waals surface area contributed by atoms with E-state index >= 15 is 0 Å². The number of carbonyl (C=O) groups is 1. The number of likely N-dealkylation sites (N-methyl/N-ethyl adjacent to an activating group) is 1. The first-order valence-electron chi connectivity index (χ1n) is 7.50. The van der Waals surface area contributed by atoms with Gasteiger partial charge in [0.25, 0.3) is 0 Å². The van der Waals surface area contributed by atoms with Gasteiger partial charge in [-0.1, -0.05) is 20.3 Å². The number of rotatable bonds is 7. The summed E-state index contributed by atoms with van der Waals surface area (Å²) >= 11 is 0. The number of Topliss-reactive ketones (excluding diaryl/α,β-unsaturated/α-hetero) is 1. The molecule has 1 N–H and O–H groups in total. The van der Waals surface area contributed by atoms with Gasteiger partial charge < -0.3 is 10.1 Å². The van der Waals surface area contributed by atoms with Gasteiger partial charge in [0.2, 0.25) is 0 Å². The molecular weight excluding hydrogens is 252 g/mol. The molecule has 0 aliphatic carbocycles. The fourth-order valence-electron chi connectivity index (χ4n) is 2.34. The molecule has 1 aliphatic heterocycles. The highest BCUT2D eigenvalue weighted by molar-refractivity contribution is 5.98. The number of benzene rings is 1. The number of unbranched alkanes of at least 4 members (excludes halogenated alkanes) is 1. The summed E-state index contributed by atoms with van der Waals surface area (Å²) in [6, 6.07) is 5.66. The lowest BCUT2D eigenvalue weighted by molar-refractivity contribution is 0.0933. The number of ether oxygens (including phenoxy) is 1. The van der Waals surface area contributed by atoms with Crippen molar-refractivity contribution in [3.63, 3.8) is 0 Å². The highest BCUT2D eigenvalue weighted by Crippen LogP contribution is 2.28. The van der Waals surface area contributed by atoms with Crippen LogP contribution in [0.5, 0.6) is 5.75 Å². The Morgan fingerprint density at radius 1 is 1.40 bits per heavy atom. The fourth-order valence-corrected chi connectivity index (χ4v) is 2.34. The van der Waals surface area contributed by atoms with Crippen LogP contribution in [0, 0.1) is 0 Å². The predicted molar refractivity (Wildman–Crippen MR) is 81.8 cm³/mol. The number of hydrogen-bond donors (Lipinski definition) is 1. The molecule has 0 unspecified atom stereocenters. The number of nitrogens with one attached hydrogen (secondary N) is 1. The molecule has 4 heteroatoms. The van der Waals surface area contributed by atoms with E-state index in [1.54, 1.807) is 0 Å². The molecule has 1 aliphatic rings. The average molecular weight is 276 g/mol. The zero-order valence-electron chi connectivity index (χ0n) is 12.4. The van der Waals surface area contributed by atoms with Crippen molar-refractivity contribution < 1.29 is 9.53 Å². The van der Waals surface area contributed by atoms with Crippen LogP contribution in [-0.2, 0) is 0 Å². The molecule has 0 saturated heterocycles. The molecule has 0 fully saturated rings. The van der Waals surface area contributed by atoms with Crippen LogP contribution in [0.4, 0.5) is 5.69 Å². The van der Waals surface area contributed by atoms with E-state index in [0.29, 0.717) is 13.2 Å². The first-order valence-corrected chi connectivity index (χ1v) is 7.50. The SMILES string of the molecule is CCCCN(CC)CC(=O)c1ccc2c(c1)NCCO2. The third-order valence-electron chi connectivity index (χ3n) is 3.62. The van der Waals surface area contributed by atoms with Crippen LogP contribution in [0.3, 0.4) is 0 Å². The Hall–Kier alpha value is -1.55. The van der Waals surface area contributed by atoms with Crippen molar-refractivity contribution >= 4 is 11.5 Å². The highest BCUT2D eigenvalue weighted by Gasteiger charge is 2.15. The number of fused-ring (bicyclic) bond motifs is 1. The van der Waals surface area contributed by atoms with E-state index in [2.05, 4.69) is 24.1 Å². The van der Waals surface area contributed by atoms with Crippen molar-refractivity contribution in [3.8, 4) is 5.75 Å². The lowest BCUT2D eigenvalue weighted by Gasteiger charge is -2.21. The van der Waals surface area contributed by atoms with Gasteiger partial charge in [-0.05, 0) is 37.7 Å². The monoisotopic (exact) mass is 276 g/mol. The maximum atomic E-state index is 12.4. The minimum absolute atomic E-state index is 0.179. The molecule has 110 valence electrons. The Morgan fingerprint density at radius 2 is 2.25 bits per heavy atom. The molecule has 0 spiro atoms. The molecular formula is C16H24N2O2. The highest BCUT2D eigenvalue weighted by atomic mass is 16.5. The molecule has 20 heavy (non-hydrogen) atoms. The van der Waals surface area contributed by atoms with Crippen molar-refractivity contribution in [2.45, 2.75) is 26.7 Å². The Balaban J connectivity index is 2.01. The average Bonchev–Trinajstić information content (AvgIpc) is 2.50. The summed E-state index contributed by atoms with van der Waals surface area (Å²) in [7, 11) is 0. The normalized spacial score (nSPS) is 13.6. The molecule has 0 atom stereocenters. The molecule has 4 nitrogen and oxygen atoms in total. The molecule has 1 aromatic carbocycles. The van der Waals surface area contributed by atoms with Crippen molar-refractivity contribution in [1.29, 1.82) is 0 Å². The van der Waals surface area contributed by atoms with Gasteiger partial charge in [0.05, 0.1) is 12.2 Å². The molecule has 2 rings (SSSR count). The van der Waals surface area contributed by atoms with Crippen LogP contribution in [0.1, 0.15) is 37.0 Å². The summed E-state index contributed by atoms with van der Waals surface area (Å²) < 4.78 is 5.53. The summed E-state index contributed by atoms with van der Waals surface area (Å²) in [5.41, 5.74) is 1.69. The van der Waals surface area contributed by atoms with Gasteiger partial charge in [0, 0.05) is 12.1 Å². The van der Waals surface area contributed by atoms with Crippen molar-refractivity contribution in [2.75, 3.05) is 38.1 Å². The van der Waals surface area contributed by atoms with E-state index in [4.69, 9.17) is 4.74 Å². The molecule has 0 aromatic heterocycles. The molecule has 0 saturated carbocycles. The summed E-state index contributed by atoms with van der Waals surface area (Å²) in [6.45, 7) is 8.15. The van der Waals surface area contributed by atoms with Crippen LogP contribution < -0.4 is 10.1 Å². The molecule has 1 heterocycles. The van der Waals surface area contributed by atoms with Crippen LogP contribution in [0.15, 0.2) is 18.2 Å². The Kier molecular flexibility index (Phi) is 5.41. The number of nitrogens with zero attached hydrogens (tertiary/aromatic N) is 1. The molecule has 1 aromatic rings. The summed E-state index contributed by atoms with van der Waals surface area (Å²) in [6.07, 6.45) is 2.30. The zero-order chi connectivity index (χ0) is 14.4. The maximum absolute atomic E-state index is 12.4. The van der Waals surface area contributed by atoms with Gasteiger partial charge in [-0.25, -0.2) is 0 Å². The molecule has 0 radical (unpaired) electrons. The van der Waals surface area contributed by atoms with E-state index in [1.807, 2.05) is 18.2 Å². The minimum Gasteiger partial charge on any atom is -0.490 e. The number of anilines is 1. The quantitative estimate of drug-likeness (QED) is 0.778. The summed E-state index contributed by atoms with van der Waals surface area (Å²) in [5, 5.41) is 3.27.